The number of carboxylic acid groups (broad SMARTS) is 1. The van der Waals surface area contributed by atoms with E-state index in [1.165, 1.54) is 50.2 Å². The number of esters is 1. The molecule has 2 amide bonds. The molecule has 0 saturated heterocycles. The topological polar surface area (TPSA) is 172 Å². The van der Waals surface area contributed by atoms with Gasteiger partial charge in [-0.05, 0) is 242 Å². The van der Waals surface area contributed by atoms with E-state index in [0.29, 0.717) is 69.5 Å². The number of nitrogens with zero attached hydrogens (tertiary/aromatic N) is 4. The van der Waals surface area contributed by atoms with Gasteiger partial charge < -0.3 is 39.4 Å². The Morgan fingerprint density at radius 3 is 1.17 bits per heavy atom. The highest BCUT2D eigenvalue weighted by molar-refractivity contribution is 5.83. The molecule has 0 radical (unpaired) electrons. The number of halogens is 10. The van der Waals surface area contributed by atoms with Crippen LogP contribution in [-0.4, -0.2) is 95.7 Å². The molecule has 4 aromatic carbocycles. The molecule has 96 heavy (non-hydrogen) atoms. The fraction of sp³-hybridized carbons (Fsp3) is 0.472. The summed E-state index contributed by atoms with van der Waals surface area (Å²) in [6.45, 7) is 19.5. The first-order valence-corrected chi connectivity index (χ1v) is 31.7. The Bertz CT molecular complexity index is 3850. The number of carbonyl (C=O) groups excluding carboxylic acids is 3. The van der Waals surface area contributed by atoms with Crippen molar-refractivity contribution in [2.24, 2.45) is 11.8 Å². The van der Waals surface area contributed by atoms with Crippen LogP contribution in [0.5, 0.6) is 0 Å². The number of pyridine rings is 2. The predicted octanol–water partition coefficient (Wildman–Crippen LogP) is 14.8. The number of aliphatic carboxylic acids is 1. The van der Waals surface area contributed by atoms with Gasteiger partial charge in [0.25, 0.3) is 11.1 Å². The first-order chi connectivity index (χ1) is 44.6. The zero-order valence-electron chi connectivity index (χ0n) is 57.0. The second-order valence-corrected chi connectivity index (χ2v) is 25.9. The maximum atomic E-state index is 16.0. The van der Waals surface area contributed by atoms with Gasteiger partial charge in [0.05, 0.1) is 42.7 Å². The quantitative estimate of drug-likeness (QED) is 0.0333. The van der Waals surface area contributed by atoms with Crippen LogP contribution in [0.2, 0.25) is 0 Å². The Labute approximate surface area is 554 Å². The summed E-state index contributed by atoms with van der Waals surface area (Å²) in [6, 6.07) is 7.14. The predicted molar refractivity (Wildman–Crippen MR) is 349 cm³/mol. The van der Waals surface area contributed by atoms with Gasteiger partial charge in [-0.1, -0.05) is 27.7 Å². The van der Waals surface area contributed by atoms with Crippen molar-refractivity contribution < 1.29 is 72.9 Å². The Morgan fingerprint density at radius 2 is 0.865 bits per heavy atom. The minimum Gasteiger partial charge on any atom is -0.481 e. The van der Waals surface area contributed by atoms with Gasteiger partial charge >= 0.3 is 24.3 Å². The molecule has 14 nitrogen and oxygen atoms in total. The van der Waals surface area contributed by atoms with E-state index in [2.05, 4.69) is 10.6 Å². The van der Waals surface area contributed by atoms with Gasteiger partial charge in [0.15, 0.2) is 0 Å². The molecule has 3 N–H and O–H groups in total. The number of carbonyl (C=O) groups is 4. The molecule has 0 bridgehead atoms. The summed E-state index contributed by atoms with van der Waals surface area (Å²) < 4.78 is 151. The molecule has 6 rings (SSSR count). The average Bonchev–Trinajstić information content (AvgIpc) is 0.807. The van der Waals surface area contributed by atoms with Crippen molar-refractivity contribution >= 4 is 23.8 Å². The molecular formula is C72H88F10N6O8. The number of benzene rings is 4. The molecular weight excluding hydrogens is 1270 g/mol. The number of hydrogen-bond donors (Lipinski definition) is 3. The van der Waals surface area contributed by atoms with Crippen LogP contribution in [0.1, 0.15) is 164 Å². The van der Waals surface area contributed by atoms with Crippen LogP contribution in [-0.2, 0) is 49.1 Å². The number of likely N-dealkylation sites (N-methyl/N-ethyl adjacent to an activating group) is 2. The first kappa shape index (κ1) is 78.6. The summed E-state index contributed by atoms with van der Waals surface area (Å²) in [5, 5.41) is 15.1. The molecule has 6 aromatic rings. The van der Waals surface area contributed by atoms with Crippen LogP contribution in [0.25, 0.3) is 22.3 Å². The van der Waals surface area contributed by atoms with E-state index in [1.54, 1.807) is 84.7 Å². The zero-order chi connectivity index (χ0) is 72.2. The molecule has 4 atom stereocenters. The maximum Gasteiger partial charge on any atom is 0.416 e. The van der Waals surface area contributed by atoms with Crippen molar-refractivity contribution in [2.45, 2.75) is 164 Å². The fourth-order valence-corrected chi connectivity index (χ4v) is 11.8. The van der Waals surface area contributed by atoms with Crippen molar-refractivity contribution in [3.8, 4) is 22.3 Å². The van der Waals surface area contributed by atoms with Gasteiger partial charge in [0.2, 0.25) is 11.8 Å². The third-order valence-corrected chi connectivity index (χ3v) is 16.5. The lowest BCUT2D eigenvalue weighted by Gasteiger charge is -2.27. The molecule has 524 valence electrons. The van der Waals surface area contributed by atoms with Gasteiger partial charge in [-0.25, -0.2) is 17.6 Å². The number of hydrogen-bond acceptors (Lipinski definition) is 9. The van der Waals surface area contributed by atoms with Crippen LogP contribution in [0.3, 0.4) is 0 Å². The summed E-state index contributed by atoms with van der Waals surface area (Å²) in [5.41, 5.74) is 0.289. The second-order valence-electron chi connectivity index (χ2n) is 25.9. The average molecular weight is 1360 g/mol. The minimum atomic E-state index is -4.80. The van der Waals surface area contributed by atoms with Crippen molar-refractivity contribution in [2.75, 3.05) is 47.9 Å². The SMILES string of the molecule is CCOC(=O)C[C@H](NC(=O)C(CCC(C)C)n1cc(CCN(C)C)c(C(F)(F)F)cc1=O)c1cc(-c2c(C)cc(F)cc2C)cc(C)c1F.Cc1cc(-c2c(C)cc(F)cc2C)cc([C@H](CC(=O)O)NC(=O)C(CCC(C)C)n2cc(CCN(C)C)c(C(F)(F)F)cc2=O)c1F. The first-order valence-electron chi connectivity index (χ1n) is 31.7. The molecule has 0 spiro atoms. The molecule has 0 aliphatic heterocycles. The van der Waals surface area contributed by atoms with Gasteiger partial charge in [-0.3, -0.25) is 28.8 Å². The fourth-order valence-electron chi connectivity index (χ4n) is 11.8. The molecule has 2 heterocycles. The highest BCUT2D eigenvalue weighted by atomic mass is 19.4. The van der Waals surface area contributed by atoms with E-state index < -0.39 is 119 Å². The normalized spacial score (nSPS) is 13.2. The zero-order valence-corrected chi connectivity index (χ0v) is 57.0. The van der Waals surface area contributed by atoms with Crippen LogP contribution in [0.4, 0.5) is 43.9 Å². The third-order valence-electron chi connectivity index (χ3n) is 16.5. The largest absolute Gasteiger partial charge is 0.481 e. The minimum absolute atomic E-state index is 0.0305. The van der Waals surface area contributed by atoms with Gasteiger partial charge in [0, 0.05) is 48.7 Å². The van der Waals surface area contributed by atoms with Crippen LogP contribution >= 0.6 is 0 Å². The number of carboxylic acids is 1. The third kappa shape index (κ3) is 21.2. The number of nitrogens with one attached hydrogen (secondary N) is 2. The molecule has 24 heteroatoms. The van der Waals surface area contributed by atoms with Gasteiger partial charge in [0.1, 0.15) is 35.4 Å². The summed E-state index contributed by atoms with van der Waals surface area (Å²) in [7, 11) is 6.80. The van der Waals surface area contributed by atoms with E-state index in [9.17, 15) is 69.0 Å². The van der Waals surface area contributed by atoms with Crippen molar-refractivity contribution in [3.63, 3.8) is 0 Å². The Morgan fingerprint density at radius 1 is 0.521 bits per heavy atom. The van der Waals surface area contributed by atoms with E-state index in [1.807, 2.05) is 27.7 Å². The lowest BCUT2D eigenvalue weighted by Crippen LogP contribution is -2.40. The molecule has 0 aliphatic carbocycles. The molecule has 2 aromatic heterocycles. The highest BCUT2D eigenvalue weighted by Crippen LogP contribution is 2.38. The summed E-state index contributed by atoms with van der Waals surface area (Å²) in [5.74, 6) is -5.87. The Balaban J connectivity index is 0.000000348. The molecule has 0 aliphatic rings. The lowest BCUT2D eigenvalue weighted by atomic mass is 9.90. The molecule has 2 unspecified atom stereocenters. The van der Waals surface area contributed by atoms with Crippen LogP contribution in [0.15, 0.2) is 82.6 Å². The summed E-state index contributed by atoms with van der Waals surface area (Å²) in [4.78, 5) is 82.8. The summed E-state index contributed by atoms with van der Waals surface area (Å²) in [6.07, 6.45) is -7.74. The number of amides is 2. The Kier molecular flexibility index (Phi) is 27.6. The van der Waals surface area contributed by atoms with Gasteiger partial charge in [-0.15, -0.1) is 0 Å². The van der Waals surface area contributed by atoms with Crippen molar-refractivity contribution in [1.29, 1.82) is 0 Å². The monoisotopic (exact) mass is 1350 g/mol. The van der Waals surface area contributed by atoms with Crippen molar-refractivity contribution in [1.82, 2.24) is 29.6 Å². The highest BCUT2D eigenvalue weighted by Gasteiger charge is 2.38. The molecule has 0 saturated carbocycles. The van der Waals surface area contributed by atoms with E-state index in [-0.39, 0.29) is 90.6 Å². The maximum absolute atomic E-state index is 16.0. The second kappa shape index (κ2) is 33.7. The number of aryl methyl sites for hydroxylation is 6. The van der Waals surface area contributed by atoms with E-state index in [4.69, 9.17) is 4.74 Å². The summed E-state index contributed by atoms with van der Waals surface area (Å²) >= 11 is 0. The van der Waals surface area contributed by atoms with Crippen molar-refractivity contribution in [3.05, 3.63) is 184 Å². The standard InChI is InChI=1S/C37H46F5N3O4.C35H42F5N3O4/c1-9-49-33(47)19-30(28-17-26(14-24(6)35(28)39)34-22(4)15-27(38)16-23(34)5)43-36(48)31(11-10-21(2)3)45-20-25(12-13-44(7)8)29(18-32(45)46)37(40,41)42;1-19(2)8-9-29(43-18-23(10-11-42(6)7)27(16-30(43)44)35(38,39)40)34(47)41-28(17-31(45)46)26-15-24(12-22(5)33(26)37)32-20(3)13-25(36)14-21(32)4/h14-18,20-21,30-31H,9-13,19H2,1-8H3,(H,43,48);12-16,18-19,28-29H,8-11,17H2,1-7H3,(H,41,47)(H,45,46)/t30-,31?;28-,29?/m00/s1. The smallest absolute Gasteiger partial charge is 0.416 e. The lowest BCUT2D eigenvalue weighted by molar-refractivity contribution is -0.144. The molecule has 0 fully saturated rings. The Hall–Kier alpha value is -8.12. The van der Waals surface area contributed by atoms with E-state index >= 15 is 8.78 Å². The number of ether oxygens (including phenoxy) is 1. The number of rotatable bonds is 27. The number of alkyl halides is 6. The van der Waals surface area contributed by atoms with Gasteiger partial charge in [-0.2, -0.15) is 26.3 Å². The van der Waals surface area contributed by atoms with Crippen LogP contribution < -0.4 is 21.8 Å². The van der Waals surface area contributed by atoms with E-state index in [0.717, 1.165) is 21.5 Å². The number of aromatic nitrogens is 2. The van der Waals surface area contributed by atoms with Crippen LogP contribution in [0, 0.1) is 76.6 Å².